The Hall–Kier alpha value is -2.44. The minimum Gasteiger partial charge on any atom is -0.490 e. The van der Waals surface area contributed by atoms with E-state index in [1.165, 1.54) is 0 Å². The van der Waals surface area contributed by atoms with Crippen LogP contribution in [0.25, 0.3) is 0 Å². The minimum absolute atomic E-state index is 0.0932. The molecule has 23 heavy (non-hydrogen) atoms. The average molecular weight is 324 g/mol. The van der Waals surface area contributed by atoms with Gasteiger partial charge < -0.3 is 25.2 Å². The van der Waals surface area contributed by atoms with Crippen molar-refractivity contribution in [3.63, 3.8) is 0 Å². The van der Waals surface area contributed by atoms with E-state index in [0.717, 1.165) is 5.56 Å². The van der Waals surface area contributed by atoms with Gasteiger partial charge in [-0.25, -0.2) is 4.79 Å². The van der Waals surface area contributed by atoms with E-state index in [4.69, 9.17) is 14.6 Å². The number of nitrogens with one attached hydrogen (secondary N) is 2. The highest BCUT2D eigenvalue weighted by Crippen LogP contribution is 2.28. The molecule has 1 aromatic rings. The van der Waals surface area contributed by atoms with Crippen LogP contribution in [0.1, 0.15) is 25.8 Å². The topological polar surface area (TPSA) is 96.9 Å². The quantitative estimate of drug-likeness (QED) is 0.610. The number of carbonyl (C=O) groups is 2. The zero-order valence-electron chi connectivity index (χ0n) is 13.6. The molecule has 0 saturated heterocycles. The predicted molar refractivity (Wildman–Crippen MR) is 86.1 cm³/mol. The number of benzene rings is 1. The molecule has 1 rings (SSSR count). The van der Waals surface area contributed by atoms with Crippen LogP contribution in [-0.4, -0.2) is 43.4 Å². The lowest BCUT2D eigenvalue weighted by molar-refractivity contribution is -0.136. The normalized spacial score (nSPS) is 10.0. The van der Waals surface area contributed by atoms with E-state index in [-0.39, 0.29) is 19.0 Å². The molecule has 7 nitrogen and oxygen atoms in total. The number of hydrogen-bond donors (Lipinski definition) is 3. The summed E-state index contributed by atoms with van der Waals surface area (Å²) in [5.41, 5.74) is 1.02. The van der Waals surface area contributed by atoms with Crippen LogP contribution >= 0.6 is 0 Å². The Bertz CT molecular complexity index is 519. The van der Waals surface area contributed by atoms with E-state index in [9.17, 15) is 9.59 Å². The Labute approximate surface area is 136 Å². The van der Waals surface area contributed by atoms with Crippen molar-refractivity contribution in [2.75, 3.05) is 26.3 Å². The molecular weight excluding hydrogens is 300 g/mol. The first kappa shape index (κ1) is 18.6. The number of rotatable bonds is 10. The monoisotopic (exact) mass is 324 g/mol. The molecule has 0 spiro atoms. The third kappa shape index (κ3) is 7.39. The highest BCUT2D eigenvalue weighted by Gasteiger charge is 2.07. The first-order valence-corrected chi connectivity index (χ1v) is 7.68. The summed E-state index contributed by atoms with van der Waals surface area (Å²) in [7, 11) is 0. The molecule has 0 heterocycles. The summed E-state index contributed by atoms with van der Waals surface area (Å²) >= 11 is 0. The van der Waals surface area contributed by atoms with Crippen LogP contribution in [0.2, 0.25) is 0 Å². The van der Waals surface area contributed by atoms with Crippen LogP contribution in [0, 0.1) is 0 Å². The van der Waals surface area contributed by atoms with Gasteiger partial charge in [0, 0.05) is 13.1 Å². The van der Waals surface area contributed by atoms with Crippen molar-refractivity contribution >= 4 is 12.0 Å². The molecule has 0 unspecified atom stereocenters. The maximum atomic E-state index is 11.5. The van der Waals surface area contributed by atoms with Gasteiger partial charge >= 0.3 is 12.0 Å². The Morgan fingerprint density at radius 3 is 2.35 bits per heavy atom. The molecular formula is C16H24N2O5. The van der Waals surface area contributed by atoms with Gasteiger partial charge in [0.1, 0.15) is 0 Å². The highest BCUT2D eigenvalue weighted by molar-refractivity contribution is 5.74. The molecule has 0 saturated carbocycles. The standard InChI is InChI=1S/C16H24N2O5/c1-3-22-13-6-5-12(11-14(13)23-4-2)7-9-17-16(21)18-10-8-15(19)20/h5-6,11H,3-4,7-10H2,1-2H3,(H,19,20)(H2,17,18,21). The Balaban J connectivity index is 2.43. The lowest BCUT2D eigenvalue weighted by atomic mass is 10.1. The van der Waals surface area contributed by atoms with E-state index >= 15 is 0 Å². The zero-order valence-corrected chi connectivity index (χ0v) is 13.6. The van der Waals surface area contributed by atoms with Crippen LogP contribution in [0.3, 0.4) is 0 Å². The van der Waals surface area contributed by atoms with Crippen molar-refractivity contribution in [3.05, 3.63) is 23.8 Å². The second-order valence-electron chi connectivity index (χ2n) is 4.72. The molecule has 2 amide bonds. The SMILES string of the molecule is CCOc1ccc(CCNC(=O)NCCC(=O)O)cc1OCC. The van der Waals surface area contributed by atoms with Gasteiger partial charge in [-0.2, -0.15) is 0 Å². The van der Waals surface area contributed by atoms with E-state index in [2.05, 4.69) is 10.6 Å². The number of carboxylic acids is 1. The number of hydrogen-bond acceptors (Lipinski definition) is 4. The van der Waals surface area contributed by atoms with Crippen molar-refractivity contribution in [3.8, 4) is 11.5 Å². The molecule has 0 aliphatic carbocycles. The van der Waals surface area contributed by atoms with Gasteiger partial charge in [0.25, 0.3) is 0 Å². The van der Waals surface area contributed by atoms with Gasteiger partial charge in [-0.3, -0.25) is 4.79 Å². The summed E-state index contributed by atoms with van der Waals surface area (Å²) < 4.78 is 11.1. The van der Waals surface area contributed by atoms with Gasteiger partial charge in [-0.05, 0) is 38.0 Å². The van der Waals surface area contributed by atoms with Gasteiger partial charge in [-0.1, -0.05) is 6.07 Å². The fourth-order valence-corrected chi connectivity index (χ4v) is 1.92. The van der Waals surface area contributed by atoms with Crippen LogP contribution in [0.5, 0.6) is 11.5 Å². The van der Waals surface area contributed by atoms with Crippen molar-refractivity contribution in [2.45, 2.75) is 26.7 Å². The van der Waals surface area contributed by atoms with Crippen molar-refractivity contribution in [1.29, 1.82) is 0 Å². The van der Waals surface area contributed by atoms with Crippen LogP contribution in [-0.2, 0) is 11.2 Å². The van der Waals surface area contributed by atoms with E-state index in [0.29, 0.717) is 37.7 Å². The summed E-state index contributed by atoms with van der Waals surface area (Å²) in [6.07, 6.45) is 0.545. The van der Waals surface area contributed by atoms with E-state index in [1.807, 2.05) is 32.0 Å². The first-order chi connectivity index (χ1) is 11.1. The highest BCUT2D eigenvalue weighted by atomic mass is 16.5. The Morgan fingerprint density at radius 1 is 1.04 bits per heavy atom. The molecule has 0 aliphatic heterocycles. The molecule has 1 aromatic carbocycles. The second-order valence-corrected chi connectivity index (χ2v) is 4.72. The van der Waals surface area contributed by atoms with Gasteiger partial charge in [0.2, 0.25) is 0 Å². The summed E-state index contributed by atoms with van der Waals surface area (Å²) in [4.78, 5) is 21.8. The molecule has 0 fully saturated rings. The number of urea groups is 1. The van der Waals surface area contributed by atoms with Crippen LogP contribution in [0.15, 0.2) is 18.2 Å². The number of carboxylic acid groups (broad SMARTS) is 1. The molecule has 0 radical (unpaired) electrons. The van der Waals surface area contributed by atoms with Gasteiger partial charge in [0.05, 0.1) is 19.6 Å². The maximum absolute atomic E-state index is 11.5. The number of carbonyl (C=O) groups excluding carboxylic acids is 1. The van der Waals surface area contributed by atoms with Crippen molar-refractivity contribution < 1.29 is 24.2 Å². The van der Waals surface area contributed by atoms with Crippen LogP contribution in [0.4, 0.5) is 4.79 Å². The van der Waals surface area contributed by atoms with Crippen molar-refractivity contribution in [1.82, 2.24) is 10.6 Å². The molecule has 0 atom stereocenters. The van der Waals surface area contributed by atoms with E-state index in [1.54, 1.807) is 0 Å². The molecule has 3 N–H and O–H groups in total. The van der Waals surface area contributed by atoms with Crippen molar-refractivity contribution in [2.24, 2.45) is 0 Å². The third-order valence-corrected chi connectivity index (χ3v) is 2.93. The summed E-state index contributed by atoms with van der Waals surface area (Å²) in [5.74, 6) is 0.457. The summed E-state index contributed by atoms with van der Waals surface area (Å²) in [6, 6.07) is 5.31. The predicted octanol–water partition coefficient (Wildman–Crippen LogP) is 1.80. The van der Waals surface area contributed by atoms with Crippen LogP contribution < -0.4 is 20.1 Å². The maximum Gasteiger partial charge on any atom is 0.314 e. The summed E-state index contributed by atoms with van der Waals surface area (Å²) in [5, 5.41) is 13.7. The number of amides is 2. The Kier molecular flexibility index (Phi) is 8.34. The Morgan fingerprint density at radius 2 is 1.70 bits per heavy atom. The average Bonchev–Trinajstić information content (AvgIpc) is 2.50. The van der Waals surface area contributed by atoms with E-state index < -0.39 is 5.97 Å². The zero-order chi connectivity index (χ0) is 17.1. The fraction of sp³-hybridized carbons (Fsp3) is 0.500. The lowest BCUT2D eigenvalue weighted by Crippen LogP contribution is -2.37. The molecule has 0 bridgehead atoms. The minimum atomic E-state index is -0.942. The largest absolute Gasteiger partial charge is 0.490 e. The molecule has 0 aromatic heterocycles. The molecule has 128 valence electrons. The summed E-state index contributed by atoms with van der Waals surface area (Å²) in [6.45, 7) is 5.49. The second kappa shape index (κ2) is 10.3. The third-order valence-electron chi connectivity index (χ3n) is 2.93. The fourth-order valence-electron chi connectivity index (χ4n) is 1.92. The number of ether oxygens (including phenoxy) is 2. The molecule has 0 aliphatic rings. The first-order valence-electron chi connectivity index (χ1n) is 7.68. The number of aliphatic carboxylic acids is 1. The van der Waals surface area contributed by atoms with Gasteiger partial charge in [-0.15, -0.1) is 0 Å². The smallest absolute Gasteiger partial charge is 0.314 e. The lowest BCUT2D eigenvalue weighted by Gasteiger charge is -2.12. The molecule has 7 heteroatoms. The van der Waals surface area contributed by atoms with Gasteiger partial charge in [0.15, 0.2) is 11.5 Å².